The van der Waals surface area contributed by atoms with Crippen LogP contribution in [-0.2, 0) is 14.3 Å². The molecular formula is C13H13Cl2NO3. The summed E-state index contributed by atoms with van der Waals surface area (Å²) in [5.74, 6) is -0.807. The molecule has 0 atom stereocenters. The van der Waals surface area contributed by atoms with Crippen LogP contribution in [0.5, 0.6) is 0 Å². The summed E-state index contributed by atoms with van der Waals surface area (Å²) in [6, 6.07) is 3.40. The molecule has 0 aliphatic heterocycles. The molecule has 1 N–H and O–H groups in total. The van der Waals surface area contributed by atoms with Crippen molar-refractivity contribution >= 4 is 40.8 Å². The SMILES string of the molecule is Cc1ccc(Cl)c(NC(=O)COC(=O)C2CC2)c1Cl. The van der Waals surface area contributed by atoms with Gasteiger partial charge in [-0.05, 0) is 31.4 Å². The van der Waals surface area contributed by atoms with Gasteiger partial charge in [0.25, 0.3) is 5.91 Å². The molecule has 0 heterocycles. The molecule has 1 fully saturated rings. The molecule has 1 aromatic rings. The minimum Gasteiger partial charge on any atom is -0.455 e. The lowest BCUT2D eigenvalue weighted by atomic mass is 10.2. The van der Waals surface area contributed by atoms with Crippen molar-refractivity contribution in [3.63, 3.8) is 0 Å². The van der Waals surface area contributed by atoms with Gasteiger partial charge >= 0.3 is 5.97 Å². The minimum atomic E-state index is -0.455. The zero-order chi connectivity index (χ0) is 14.0. The van der Waals surface area contributed by atoms with Gasteiger partial charge in [0.05, 0.1) is 21.7 Å². The predicted molar refractivity (Wildman–Crippen MR) is 73.5 cm³/mol. The lowest BCUT2D eigenvalue weighted by molar-refractivity contribution is -0.148. The predicted octanol–water partition coefficient (Wildman–Crippen LogP) is 3.19. The van der Waals surface area contributed by atoms with Crippen LogP contribution in [0, 0.1) is 12.8 Å². The van der Waals surface area contributed by atoms with Gasteiger partial charge in [0.1, 0.15) is 0 Å². The summed E-state index contributed by atoms with van der Waals surface area (Å²) in [6.45, 7) is 1.48. The van der Waals surface area contributed by atoms with Crippen molar-refractivity contribution in [2.24, 2.45) is 5.92 Å². The highest BCUT2D eigenvalue weighted by Crippen LogP contribution is 2.33. The number of carbonyl (C=O) groups is 2. The Hall–Kier alpha value is -1.26. The van der Waals surface area contributed by atoms with Gasteiger partial charge in [0.2, 0.25) is 0 Å². The maximum absolute atomic E-state index is 11.7. The van der Waals surface area contributed by atoms with Crippen molar-refractivity contribution in [1.82, 2.24) is 0 Å². The van der Waals surface area contributed by atoms with Crippen LogP contribution >= 0.6 is 23.2 Å². The number of halogens is 2. The third kappa shape index (κ3) is 3.61. The number of anilines is 1. The highest BCUT2D eigenvalue weighted by molar-refractivity contribution is 6.40. The second-order valence-electron chi connectivity index (χ2n) is 4.48. The highest BCUT2D eigenvalue weighted by atomic mass is 35.5. The molecule has 1 saturated carbocycles. The van der Waals surface area contributed by atoms with Gasteiger partial charge in [-0.15, -0.1) is 0 Å². The van der Waals surface area contributed by atoms with Crippen LogP contribution < -0.4 is 5.32 Å². The summed E-state index contributed by atoms with van der Waals surface area (Å²) in [4.78, 5) is 23.0. The molecule has 1 aliphatic rings. The molecule has 0 radical (unpaired) electrons. The van der Waals surface area contributed by atoms with Crippen molar-refractivity contribution in [3.05, 3.63) is 27.7 Å². The molecule has 2 rings (SSSR count). The first-order valence-electron chi connectivity index (χ1n) is 5.90. The Bertz CT molecular complexity index is 527. The standard InChI is InChI=1S/C13H13Cl2NO3/c1-7-2-5-9(14)12(11(7)15)16-10(17)6-19-13(18)8-3-4-8/h2,5,8H,3-4,6H2,1H3,(H,16,17). The first kappa shape index (κ1) is 14.2. The molecular weight excluding hydrogens is 289 g/mol. The third-order valence-corrected chi connectivity index (χ3v) is 3.61. The van der Waals surface area contributed by atoms with E-state index in [2.05, 4.69) is 5.32 Å². The topological polar surface area (TPSA) is 55.4 Å². The van der Waals surface area contributed by atoms with Crippen molar-refractivity contribution < 1.29 is 14.3 Å². The molecule has 19 heavy (non-hydrogen) atoms. The van der Waals surface area contributed by atoms with Crippen molar-refractivity contribution in [2.75, 3.05) is 11.9 Å². The number of aryl methyl sites for hydroxylation is 1. The van der Waals surface area contributed by atoms with E-state index in [1.807, 2.05) is 0 Å². The van der Waals surface area contributed by atoms with Crippen molar-refractivity contribution in [1.29, 1.82) is 0 Å². The fourth-order valence-corrected chi connectivity index (χ4v) is 1.99. The number of hydrogen-bond acceptors (Lipinski definition) is 3. The van der Waals surface area contributed by atoms with Gasteiger partial charge in [-0.1, -0.05) is 29.3 Å². The maximum Gasteiger partial charge on any atom is 0.309 e. The first-order chi connectivity index (χ1) is 8.99. The quantitative estimate of drug-likeness (QED) is 0.869. The van der Waals surface area contributed by atoms with E-state index in [-0.39, 0.29) is 18.5 Å². The molecule has 0 aromatic heterocycles. The van der Waals surface area contributed by atoms with E-state index in [1.165, 1.54) is 0 Å². The number of amides is 1. The zero-order valence-corrected chi connectivity index (χ0v) is 11.8. The number of benzene rings is 1. The molecule has 0 unspecified atom stereocenters. The average Bonchev–Trinajstić information content (AvgIpc) is 3.20. The Morgan fingerprint density at radius 2 is 2.05 bits per heavy atom. The molecule has 0 bridgehead atoms. The van der Waals surface area contributed by atoms with E-state index in [1.54, 1.807) is 19.1 Å². The lowest BCUT2D eigenvalue weighted by Crippen LogP contribution is -2.21. The lowest BCUT2D eigenvalue weighted by Gasteiger charge is -2.11. The third-order valence-electron chi connectivity index (χ3n) is 2.80. The van der Waals surface area contributed by atoms with Gasteiger partial charge in [0.15, 0.2) is 6.61 Å². The Morgan fingerprint density at radius 3 is 2.68 bits per heavy atom. The first-order valence-corrected chi connectivity index (χ1v) is 6.65. The van der Waals surface area contributed by atoms with E-state index in [9.17, 15) is 9.59 Å². The van der Waals surface area contributed by atoms with Gasteiger partial charge in [0, 0.05) is 0 Å². The van der Waals surface area contributed by atoms with Crippen LogP contribution in [-0.4, -0.2) is 18.5 Å². The zero-order valence-electron chi connectivity index (χ0n) is 10.3. The molecule has 1 aromatic carbocycles. The van der Waals surface area contributed by atoms with Gasteiger partial charge in [-0.25, -0.2) is 0 Å². The molecule has 4 nitrogen and oxygen atoms in total. The minimum absolute atomic E-state index is 0.0288. The van der Waals surface area contributed by atoms with E-state index >= 15 is 0 Å². The van der Waals surface area contributed by atoms with Crippen molar-refractivity contribution in [2.45, 2.75) is 19.8 Å². The van der Waals surface area contributed by atoms with Gasteiger partial charge < -0.3 is 10.1 Å². The number of hydrogen-bond donors (Lipinski definition) is 1. The summed E-state index contributed by atoms with van der Waals surface area (Å²) in [6.07, 6.45) is 1.69. The number of carbonyl (C=O) groups excluding carboxylic acids is 2. The number of nitrogens with one attached hydrogen (secondary N) is 1. The fraction of sp³-hybridized carbons (Fsp3) is 0.385. The molecule has 0 spiro atoms. The smallest absolute Gasteiger partial charge is 0.309 e. The van der Waals surface area contributed by atoms with Crippen LogP contribution in [0.2, 0.25) is 10.0 Å². The summed E-state index contributed by atoms with van der Waals surface area (Å²) in [7, 11) is 0. The molecule has 6 heteroatoms. The van der Waals surface area contributed by atoms with E-state index < -0.39 is 5.91 Å². The second-order valence-corrected chi connectivity index (χ2v) is 5.27. The second kappa shape index (κ2) is 5.80. The highest BCUT2D eigenvalue weighted by Gasteiger charge is 2.31. The van der Waals surface area contributed by atoms with Gasteiger partial charge in [-0.2, -0.15) is 0 Å². The van der Waals surface area contributed by atoms with Crippen LogP contribution in [0.4, 0.5) is 5.69 Å². The molecule has 1 amide bonds. The Morgan fingerprint density at radius 1 is 1.37 bits per heavy atom. The molecule has 102 valence electrons. The summed E-state index contributed by atoms with van der Waals surface area (Å²) in [5.41, 5.74) is 1.15. The normalized spacial score (nSPS) is 14.1. The van der Waals surface area contributed by atoms with E-state index in [0.29, 0.717) is 15.7 Å². The van der Waals surface area contributed by atoms with Crippen LogP contribution in [0.15, 0.2) is 12.1 Å². The average molecular weight is 302 g/mol. The summed E-state index contributed by atoms with van der Waals surface area (Å²) < 4.78 is 4.87. The monoisotopic (exact) mass is 301 g/mol. The van der Waals surface area contributed by atoms with Crippen molar-refractivity contribution in [3.8, 4) is 0 Å². The number of esters is 1. The number of ether oxygens (including phenoxy) is 1. The van der Waals surface area contributed by atoms with E-state index in [4.69, 9.17) is 27.9 Å². The summed E-state index contributed by atoms with van der Waals surface area (Å²) >= 11 is 12.0. The number of rotatable bonds is 4. The largest absolute Gasteiger partial charge is 0.455 e. The Balaban J connectivity index is 1.94. The maximum atomic E-state index is 11.7. The van der Waals surface area contributed by atoms with E-state index in [0.717, 1.165) is 18.4 Å². The van der Waals surface area contributed by atoms with Gasteiger partial charge in [-0.3, -0.25) is 9.59 Å². The van der Waals surface area contributed by atoms with Crippen LogP contribution in [0.25, 0.3) is 0 Å². The Kier molecular flexibility index (Phi) is 4.32. The summed E-state index contributed by atoms with van der Waals surface area (Å²) in [5, 5.41) is 3.28. The fourth-order valence-electron chi connectivity index (χ4n) is 1.52. The van der Waals surface area contributed by atoms with Crippen LogP contribution in [0.3, 0.4) is 0 Å². The van der Waals surface area contributed by atoms with Crippen LogP contribution in [0.1, 0.15) is 18.4 Å². The molecule has 1 aliphatic carbocycles. The Labute approximate surface area is 121 Å². The molecule has 0 saturated heterocycles.